The zero-order valence-electron chi connectivity index (χ0n) is 14.5. The number of fused-ring (bicyclic) bond motifs is 1. The Morgan fingerprint density at radius 1 is 1.27 bits per heavy atom. The van der Waals surface area contributed by atoms with Crippen LogP contribution in [0.5, 0.6) is 0 Å². The molecule has 0 saturated carbocycles. The van der Waals surface area contributed by atoms with Crippen molar-refractivity contribution in [2.24, 2.45) is 0 Å². The molecule has 3 rings (SSSR count). The molecule has 0 aliphatic rings. The molecule has 0 spiro atoms. The van der Waals surface area contributed by atoms with Crippen molar-refractivity contribution in [2.75, 3.05) is 20.1 Å². The van der Waals surface area contributed by atoms with Gasteiger partial charge in [0.05, 0.1) is 26.2 Å². The molecule has 0 saturated heterocycles. The maximum Gasteiger partial charge on any atom is 0.264 e. The zero-order valence-corrected chi connectivity index (χ0v) is 16.9. The van der Waals surface area contributed by atoms with Gasteiger partial charge in [0.15, 0.2) is 0 Å². The summed E-state index contributed by atoms with van der Waals surface area (Å²) in [7, 11) is 1.63. The Labute approximate surface area is 164 Å². The van der Waals surface area contributed by atoms with Gasteiger partial charge < -0.3 is 14.8 Å². The van der Waals surface area contributed by atoms with Crippen LogP contribution < -0.4 is 5.32 Å². The number of para-hydroxylation sites is 2. The van der Waals surface area contributed by atoms with Gasteiger partial charge in [-0.15, -0.1) is 11.3 Å². The maximum absolute atomic E-state index is 12.3. The number of aryl methyl sites for hydroxylation is 1. The summed E-state index contributed by atoms with van der Waals surface area (Å²) in [5.74, 6) is 0.571. The highest BCUT2D eigenvalue weighted by molar-refractivity contribution is 9.11. The summed E-state index contributed by atoms with van der Waals surface area (Å²) in [6, 6.07) is 11.5. The second-order valence-corrected chi connectivity index (χ2v) is 8.38. The summed E-state index contributed by atoms with van der Waals surface area (Å²) in [6.45, 7) is 3.09. The van der Waals surface area contributed by atoms with Gasteiger partial charge in [-0.3, -0.25) is 9.59 Å². The number of hydrogen-bond acceptors (Lipinski definition) is 4. The van der Waals surface area contributed by atoms with Crippen LogP contribution in [0.1, 0.15) is 15.5 Å². The molecular weight excluding hydrogens is 416 g/mol. The zero-order chi connectivity index (χ0) is 18.7. The lowest BCUT2D eigenvalue weighted by Crippen LogP contribution is -2.39. The number of amides is 2. The molecule has 2 heterocycles. The Morgan fingerprint density at radius 2 is 2.04 bits per heavy atom. The van der Waals surface area contributed by atoms with Crippen LogP contribution in [0.25, 0.3) is 11.0 Å². The number of likely N-dealkylation sites (N-methyl/N-ethyl adjacent to an activating group) is 1. The number of halogens is 1. The average Bonchev–Trinajstić information content (AvgIpc) is 3.17. The summed E-state index contributed by atoms with van der Waals surface area (Å²) < 4.78 is 2.97. The van der Waals surface area contributed by atoms with Crippen LogP contribution in [0.3, 0.4) is 0 Å². The fraction of sp³-hybridized carbons (Fsp3) is 0.278. The molecule has 3 aromatic rings. The predicted octanol–water partition coefficient (Wildman–Crippen LogP) is 3.06. The first-order chi connectivity index (χ1) is 12.5. The highest BCUT2D eigenvalue weighted by atomic mass is 79.9. The second-order valence-electron chi connectivity index (χ2n) is 5.91. The van der Waals surface area contributed by atoms with Gasteiger partial charge in [0, 0.05) is 20.1 Å². The molecule has 0 bridgehead atoms. The van der Waals surface area contributed by atoms with E-state index in [0.717, 1.165) is 20.6 Å². The maximum atomic E-state index is 12.3. The van der Waals surface area contributed by atoms with Crippen LogP contribution in [0, 0.1) is 6.92 Å². The highest BCUT2D eigenvalue weighted by Crippen LogP contribution is 2.23. The molecule has 0 radical (unpaired) electrons. The quantitative estimate of drug-likeness (QED) is 0.647. The molecule has 136 valence electrons. The van der Waals surface area contributed by atoms with Gasteiger partial charge in [-0.2, -0.15) is 0 Å². The van der Waals surface area contributed by atoms with Crippen molar-refractivity contribution in [2.45, 2.75) is 13.5 Å². The van der Waals surface area contributed by atoms with Crippen molar-refractivity contribution in [3.63, 3.8) is 0 Å². The van der Waals surface area contributed by atoms with Crippen LogP contribution in [0.4, 0.5) is 0 Å². The van der Waals surface area contributed by atoms with Crippen LogP contribution in [0.2, 0.25) is 0 Å². The lowest BCUT2D eigenvalue weighted by molar-refractivity contribution is -0.121. The van der Waals surface area contributed by atoms with E-state index in [1.165, 1.54) is 16.2 Å². The van der Waals surface area contributed by atoms with Gasteiger partial charge in [0.1, 0.15) is 5.82 Å². The Balaban J connectivity index is 1.52. The number of aromatic nitrogens is 2. The fourth-order valence-electron chi connectivity index (χ4n) is 2.75. The second kappa shape index (κ2) is 8.01. The monoisotopic (exact) mass is 434 g/mol. The van der Waals surface area contributed by atoms with Crippen molar-refractivity contribution >= 4 is 50.1 Å². The minimum absolute atomic E-state index is 0.0258. The molecule has 0 aliphatic carbocycles. The van der Waals surface area contributed by atoms with Crippen molar-refractivity contribution in [3.8, 4) is 0 Å². The smallest absolute Gasteiger partial charge is 0.264 e. The van der Waals surface area contributed by atoms with Gasteiger partial charge in [-0.25, -0.2) is 4.98 Å². The topological polar surface area (TPSA) is 67.2 Å². The molecule has 6 nitrogen and oxygen atoms in total. The molecule has 2 amide bonds. The third kappa shape index (κ3) is 4.13. The summed E-state index contributed by atoms with van der Waals surface area (Å²) in [5.41, 5.74) is 2.00. The van der Waals surface area contributed by atoms with Crippen LogP contribution in [-0.4, -0.2) is 46.4 Å². The minimum Gasteiger partial charge on any atom is -0.353 e. The van der Waals surface area contributed by atoms with E-state index in [1.807, 2.05) is 37.3 Å². The largest absolute Gasteiger partial charge is 0.353 e. The Bertz CT molecular complexity index is 950. The number of nitrogens with zero attached hydrogens (tertiary/aromatic N) is 3. The number of rotatable bonds is 6. The lowest BCUT2D eigenvalue weighted by atomic mass is 10.3. The normalized spacial score (nSPS) is 10.9. The summed E-state index contributed by atoms with van der Waals surface area (Å²) in [4.78, 5) is 30.9. The van der Waals surface area contributed by atoms with Gasteiger partial charge in [-0.1, -0.05) is 12.1 Å². The third-order valence-corrected chi connectivity index (χ3v) is 5.63. The van der Waals surface area contributed by atoms with Gasteiger partial charge in [0.25, 0.3) is 5.91 Å². The van der Waals surface area contributed by atoms with Crippen LogP contribution in [-0.2, 0) is 11.3 Å². The molecule has 0 atom stereocenters. The first-order valence-electron chi connectivity index (χ1n) is 8.15. The van der Waals surface area contributed by atoms with Crippen molar-refractivity contribution in [1.82, 2.24) is 19.8 Å². The van der Waals surface area contributed by atoms with Gasteiger partial charge in [-0.05, 0) is 47.1 Å². The van der Waals surface area contributed by atoms with Crippen LogP contribution in [0.15, 0.2) is 40.2 Å². The molecule has 0 fully saturated rings. The molecular formula is C18H19BrN4O2S. The molecule has 2 aromatic heterocycles. The number of carbonyl (C=O) groups is 2. The molecule has 26 heavy (non-hydrogen) atoms. The highest BCUT2D eigenvalue weighted by Gasteiger charge is 2.16. The summed E-state index contributed by atoms with van der Waals surface area (Å²) >= 11 is 4.69. The molecule has 8 heteroatoms. The van der Waals surface area contributed by atoms with E-state index in [9.17, 15) is 9.59 Å². The molecule has 1 N–H and O–H groups in total. The first-order valence-corrected chi connectivity index (χ1v) is 9.76. The van der Waals surface area contributed by atoms with Crippen molar-refractivity contribution in [3.05, 3.63) is 50.9 Å². The third-order valence-electron chi connectivity index (χ3n) is 4.01. The van der Waals surface area contributed by atoms with E-state index in [4.69, 9.17) is 0 Å². The van der Waals surface area contributed by atoms with E-state index >= 15 is 0 Å². The van der Waals surface area contributed by atoms with Gasteiger partial charge >= 0.3 is 0 Å². The number of carbonyl (C=O) groups excluding carboxylic acids is 2. The number of benzene rings is 1. The minimum atomic E-state index is -0.182. The van der Waals surface area contributed by atoms with E-state index in [0.29, 0.717) is 18.0 Å². The predicted molar refractivity (Wildman–Crippen MR) is 106 cm³/mol. The standard InChI is InChI=1S/C18H19BrN4O2S/c1-12-21-13-5-3-4-6-14(13)23(12)10-9-20-17(24)11-22(2)18(25)15-7-8-16(19)26-15/h3-8H,9-11H2,1-2H3,(H,20,24). The number of hydrogen-bond donors (Lipinski definition) is 1. The van der Waals surface area contributed by atoms with Crippen molar-refractivity contribution in [1.29, 1.82) is 0 Å². The summed E-state index contributed by atoms with van der Waals surface area (Å²) in [5, 5.41) is 2.87. The fourth-order valence-corrected chi connectivity index (χ4v) is 4.13. The average molecular weight is 435 g/mol. The van der Waals surface area contributed by atoms with E-state index in [-0.39, 0.29) is 18.4 Å². The van der Waals surface area contributed by atoms with Crippen molar-refractivity contribution < 1.29 is 9.59 Å². The van der Waals surface area contributed by atoms with E-state index in [1.54, 1.807) is 13.1 Å². The van der Waals surface area contributed by atoms with E-state index in [2.05, 4.69) is 30.8 Å². The number of nitrogens with one attached hydrogen (secondary N) is 1. The Hall–Kier alpha value is -2.19. The Morgan fingerprint density at radius 3 is 2.77 bits per heavy atom. The van der Waals surface area contributed by atoms with Crippen LogP contribution >= 0.6 is 27.3 Å². The number of imidazole rings is 1. The molecule has 0 aliphatic heterocycles. The van der Waals surface area contributed by atoms with Gasteiger partial charge in [0.2, 0.25) is 5.91 Å². The van der Waals surface area contributed by atoms with E-state index < -0.39 is 0 Å². The SMILES string of the molecule is Cc1nc2ccccc2n1CCNC(=O)CN(C)C(=O)c1ccc(Br)s1. The molecule has 1 aromatic carbocycles. The summed E-state index contributed by atoms with van der Waals surface area (Å²) in [6.07, 6.45) is 0. The first kappa shape index (κ1) is 18.6. The molecule has 0 unspecified atom stereocenters. The number of thiophene rings is 1. The lowest BCUT2D eigenvalue weighted by Gasteiger charge is -2.16. The Kier molecular flexibility index (Phi) is 5.73.